The predicted molar refractivity (Wildman–Crippen MR) is 77.6 cm³/mol. The Kier molecular flexibility index (Phi) is 3.39. The minimum atomic E-state index is -0.0700. The van der Waals surface area contributed by atoms with Gasteiger partial charge in [-0.15, -0.1) is 5.10 Å². The van der Waals surface area contributed by atoms with Crippen molar-refractivity contribution in [3.63, 3.8) is 0 Å². The molecule has 0 saturated carbocycles. The Bertz CT molecular complexity index is 761. The Labute approximate surface area is 121 Å². The lowest BCUT2D eigenvalue weighted by Gasteiger charge is -2.15. The molecule has 3 aromatic rings. The van der Waals surface area contributed by atoms with Crippen LogP contribution in [0, 0.1) is 0 Å². The van der Waals surface area contributed by atoms with Crippen LogP contribution in [-0.4, -0.2) is 42.8 Å². The summed E-state index contributed by atoms with van der Waals surface area (Å²) in [6.45, 7) is 3.19. The van der Waals surface area contributed by atoms with Gasteiger partial charge in [-0.1, -0.05) is 5.21 Å². The van der Waals surface area contributed by atoms with E-state index in [9.17, 15) is 4.79 Å². The molecule has 0 aliphatic heterocycles. The number of nitrogens with zero attached hydrogens (tertiary/aromatic N) is 5. The topological polar surface area (TPSA) is 79.7 Å². The molecule has 1 N–H and O–H groups in total. The Balaban J connectivity index is 1.84. The van der Waals surface area contributed by atoms with Crippen molar-refractivity contribution >= 4 is 16.9 Å². The molecule has 7 nitrogen and oxygen atoms in total. The number of carbonyl (C=O) groups is 1. The molecule has 0 unspecified atom stereocenters. The van der Waals surface area contributed by atoms with Crippen LogP contribution >= 0.6 is 0 Å². The Morgan fingerprint density at radius 3 is 3.00 bits per heavy atom. The largest absolute Gasteiger partial charge is 0.347 e. The van der Waals surface area contributed by atoms with Crippen molar-refractivity contribution in [1.29, 1.82) is 0 Å². The van der Waals surface area contributed by atoms with Gasteiger partial charge < -0.3 is 9.88 Å². The number of aryl methyl sites for hydroxylation is 1. The molecule has 7 heteroatoms. The molecular formula is C14H16N6O. The molecule has 0 fully saturated rings. The summed E-state index contributed by atoms with van der Waals surface area (Å²) in [5, 5.41) is 8.14. The minimum absolute atomic E-state index is 0.0700. The lowest BCUT2D eigenvalue weighted by atomic mass is 10.1. The Morgan fingerprint density at radius 2 is 2.29 bits per heavy atom. The predicted octanol–water partition coefficient (Wildman–Crippen LogP) is 1.45. The van der Waals surface area contributed by atoms with E-state index in [1.165, 1.54) is 0 Å². The fourth-order valence-corrected chi connectivity index (χ4v) is 2.24. The number of imidazole rings is 1. The van der Waals surface area contributed by atoms with E-state index >= 15 is 0 Å². The molecule has 3 rings (SSSR count). The first-order valence-electron chi connectivity index (χ1n) is 6.76. The summed E-state index contributed by atoms with van der Waals surface area (Å²) >= 11 is 0. The molecule has 1 amide bonds. The number of hydrogen-bond donors (Lipinski definition) is 1. The van der Waals surface area contributed by atoms with Crippen molar-refractivity contribution in [1.82, 2.24) is 29.9 Å². The molecule has 21 heavy (non-hydrogen) atoms. The number of aromatic nitrogens is 5. The average molecular weight is 284 g/mol. The van der Waals surface area contributed by atoms with Gasteiger partial charge in [0, 0.05) is 31.5 Å². The van der Waals surface area contributed by atoms with Crippen LogP contribution < -0.4 is 0 Å². The van der Waals surface area contributed by atoms with Gasteiger partial charge in [0.2, 0.25) is 0 Å². The second-order valence-electron chi connectivity index (χ2n) is 4.81. The number of aromatic amines is 1. The maximum absolute atomic E-state index is 12.4. The smallest absolute Gasteiger partial charge is 0.254 e. The molecule has 0 saturated heterocycles. The van der Waals surface area contributed by atoms with Crippen LogP contribution in [0.5, 0.6) is 0 Å². The van der Waals surface area contributed by atoms with Gasteiger partial charge in [0.1, 0.15) is 11.3 Å². The third kappa shape index (κ3) is 2.49. The van der Waals surface area contributed by atoms with E-state index < -0.39 is 0 Å². The number of hydrogen-bond acceptors (Lipinski definition) is 4. The summed E-state index contributed by atoms with van der Waals surface area (Å²) < 4.78 is 1.80. The number of amides is 1. The molecule has 2 heterocycles. The molecular weight excluding hydrogens is 268 g/mol. The van der Waals surface area contributed by atoms with E-state index in [2.05, 4.69) is 20.3 Å². The zero-order chi connectivity index (χ0) is 14.8. The van der Waals surface area contributed by atoms with Crippen LogP contribution in [0.15, 0.2) is 30.6 Å². The first kappa shape index (κ1) is 13.3. The third-order valence-electron chi connectivity index (χ3n) is 3.35. The standard InChI is InChI=1S/C14H16N6O/c1-3-20-12-5-4-10(8-11(12)17-18-20)14(21)19(2)9-13-15-6-7-16-13/h4-8H,3,9H2,1-2H3,(H,15,16). The lowest BCUT2D eigenvalue weighted by molar-refractivity contribution is 0.0782. The molecule has 1 aromatic carbocycles. The van der Waals surface area contributed by atoms with Gasteiger partial charge in [0.05, 0.1) is 12.1 Å². The van der Waals surface area contributed by atoms with Crippen LogP contribution in [0.1, 0.15) is 23.1 Å². The second kappa shape index (κ2) is 5.35. The summed E-state index contributed by atoms with van der Waals surface area (Å²) in [7, 11) is 1.75. The zero-order valence-corrected chi connectivity index (χ0v) is 11.9. The molecule has 0 bridgehead atoms. The number of rotatable bonds is 4. The van der Waals surface area contributed by atoms with Gasteiger partial charge in [-0.05, 0) is 25.1 Å². The molecule has 0 aliphatic carbocycles. The van der Waals surface area contributed by atoms with Crippen molar-refractivity contribution in [2.24, 2.45) is 0 Å². The van der Waals surface area contributed by atoms with E-state index in [0.29, 0.717) is 12.1 Å². The minimum Gasteiger partial charge on any atom is -0.347 e. The quantitative estimate of drug-likeness (QED) is 0.786. The lowest BCUT2D eigenvalue weighted by Crippen LogP contribution is -2.26. The Hall–Kier alpha value is -2.70. The zero-order valence-electron chi connectivity index (χ0n) is 11.9. The SMILES string of the molecule is CCn1nnc2cc(C(=O)N(C)Cc3ncc[nH]3)ccc21. The van der Waals surface area contributed by atoms with Crippen LogP contribution in [-0.2, 0) is 13.1 Å². The summed E-state index contributed by atoms with van der Waals surface area (Å²) in [5.41, 5.74) is 2.26. The highest BCUT2D eigenvalue weighted by Crippen LogP contribution is 2.15. The summed E-state index contributed by atoms with van der Waals surface area (Å²) in [6.07, 6.45) is 3.41. The van der Waals surface area contributed by atoms with Gasteiger partial charge in [-0.3, -0.25) is 4.79 Å². The highest BCUT2D eigenvalue weighted by Gasteiger charge is 2.14. The van der Waals surface area contributed by atoms with Crippen LogP contribution in [0.25, 0.3) is 11.0 Å². The summed E-state index contributed by atoms with van der Waals surface area (Å²) in [6, 6.07) is 5.46. The number of benzene rings is 1. The Morgan fingerprint density at radius 1 is 1.43 bits per heavy atom. The molecule has 0 atom stereocenters. The molecule has 108 valence electrons. The maximum atomic E-state index is 12.4. The van der Waals surface area contributed by atoms with E-state index in [-0.39, 0.29) is 5.91 Å². The first-order chi connectivity index (χ1) is 10.2. The van der Waals surface area contributed by atoms with Gasteiger partial charge in [0.25, 0.3) is 5.91 Å². The number of fused-ring (bicyclic) bond motifs is 1. The highest BCUT2D eigenvalue weighted by atomic mass is 16.2. The van der Waals surface area contributed by atoms with E-state index in [1.54, 1.807) is 41.2 Å². The normalized spacial score (nSPS) is 11.0. The van der Waals surface area contributed by atoms with Crippen LogP contribution in [0.2, 0.25) is 0 Å². The van der Waals surface area contributed by atoms with Crippen LogP contribution in [0.3, 0.4) is 0 Å². The van der Waals surface area contributed by atoms with Gasteiger partial charge >= 0.3 is 0 Å². The van der Waals surface area contributed by atoms with Crippen molar-refractivity contribution in [3.8, 4) is 0 Å². The van der Waals surface area contributed by atoms with E-state index in [0.717, 1.165) is 23.4 Å². The molecule has 0 spiro atoms. The van der Waals surface area contributed by atoms with Gasteiger partial charge in [-0.2, -0.15) is 0 Å². The molecule has 0 radical (unpaired) electrons. The van der Waals surface area contributed by atoms with Crippen molar-refractivity contribution < 1.29 is 4.79 Å². The van der Waals surface area contributed by atoms with Crippen molar-refractivity contribution in [2.45, 2.75) is 20.0 Å². The highest BCUT2D eigenvalue weighted by molar-refractivity contribution is 5.97. The first-order valence-corrected chi connectivity index (χ1v) is 6.76. The number of nitrogens with one attached hydrogen (secondary N) is 1. The fourth-order valence-electron chi connectivity index (χ4n) is 2.24. The van der Waals surface area contributed by atoms with Gasteiger partial charge in [-0.25, -0.2) is 9.67 Å². The van der Waals surface area contributed by atoms with E-state index in [1.807, 2.05) is 13.0 Å². The number of H-pyrrole nitrogens is 1. The molecule has 2 aromatic heterocycles. The fraction of sp³-hybridized carbons (Fsp3) is 0.286. The average Bonchev–Trinajstić information content (AvgIpc) is 3.14. The van der Waals surface area contributed by atoms with E-state index in [4.69, 9.17) is 0 Å². The monoisotopic (exact) mass is 284 g/mol. The van der Waals surface area contributed by atoms with Crippen molar-refractivity contribution in [2.75, 3.05) is 7.05 Å². The third-order valence-corrected chi connectivity index (χ3v) is 3.35. The van der Waals surface area contributed by atoms with Crippen LogP contribution in [0.4, 0.5) is 0 Å². The molecule has 0 aliphatic rings. The second-order valence-corrected chi connectivity index (χ2v) is 4.81. The summed E-state index contributed by atoms with van der Waals surface area (Å²) in [5.74, 6) is 0.684. The summed E-state index contributed by atoms with van der Waals surface area (Å²) in [4.78, 5) is 21.1. The van der Waals surface area contributed by atoms with Crippen molar-refractivity contribution in [3.05, 3.63) is 42.0 Å². The maximum Gasteiger partial charge on any atom is 0.254 e. The van der Waals surface area contributed by atoms with Gasteiger partial charge in [0.15, 0.2) is 0 Å². The number of carbonyl (C=O) groups excluding carboxylic acids is 1.